The second kappa shape index (κ2) is 5.43. The van der Waals surface area contributed by atoms with Crippen molar-refractivity contribution >= 4 is 21.8 Å². The van der Waals surface area contributed by atoms with E-state index in [0.29, 0.717) is 0 Å². The van der Waals surface area contributed by atoms with Crippen molar-refractivity contribution in [2.24, 2.45) is 0 Å². The Labute approximate surface area is 88.1 Å². The van der Waals surface area contributed by atoms with E-state index in [0.717, 1.165) is 32.4 Å². The molecule has 0 aromatic heterocycles. The number of hydrogen-bond donors (Lipinski definition) is 0. The molecule has 0 N–H and O–H groups in total. The highest BCUT2D eigenvalue weighted by Crippen LogP contribution is 2.18. The molecule has 0 bridgehead atoms. The second-order valence-electron chi connectivity index (χ2n) is 3.29. The highest BCUT2D eigenvalue weighted by atomic mass is 79.9. The number of piperidine rings is 1. The summed E-state index contributed by atoms with van der Waals surface area (Å²) >= 11 is 3.39. The Morgan fingerprint density at radius 3 is 3.15 bits per heavy atom. The summed E-state index contributed by atoms with van der Waals surface area (Å²) in [4.78, 5) is 13.6. The van der Waals surface area contributed by atoms with Crippen LogP contribution < -0.4 is 0 Å². The van der Waals surface area contributed by atoms with Gasteiger partial charge >= 0.3 is 0 Å². The van der Waals surface area contributed by atoms with E-state index in [1.807, 2.05) is 17.9 Å². The van der Waals surface area contributed by atoms with Crippen LogP contribution >= 0.6 is 15.9 Å². The summed E-state index contributed by atoms with van der Waals surface area (Å²) in [6, 6.07) is 0. The fourth-order valence-corrected chi connectivity index (χ4v) is 2.13. The van der Waals surface area contributed by atoms with Crippen LogP contribution in [0.25, 0.3) is 0 Å². The zero-order chi connectivity index (χ0) is 9.68. The SMILES string of the molecule is C/C=C/CCN1CCCC(Br)C1=O. The lowest BCUT2D eigenvalue weighted by Crippen LogP contribution is -2.41. The Morgan fingerprint density at radius 2 is 2.46 bits per heavy atom. The van der Waals surface area contributed by atoms with Crippen molar-refractivity contribution < 1.29 is 4.79 Å². The summed E-state index contributed by atoms with van der Waals surface area (Å²) in [5.74, 6) is 0.260. The molecule has 1 amide bonds. The molecular formula is C10H16BrNO. The minimum absolute atomic E-state index is 0.0619. The summed E-state index contributed by atoms with van der Waals surface area (Å²) in [5, 5.41) is 0. The number of likely N-dealkylation sites (tertiary alicyclic amines) is 1. The molecule has 1 rings (SSSR count). The van der Waals surface area contributed by atoms with E-state index in [2.05, 4.69) is 22.0 Å². The predicted molar refractivity (Wildman–Crippen MR) is 58.0 cm³/mol. The summed E-state index contributed by atoms with van der Waals surface area (Å²) < 4.78 is 0. The van der Waals surface area contributed by atoms with Gasteiger partial charge in [-0.1, -0.05) is 28.1 Å². The van der Waals surface area contributed by atoms with Gasteiger partial charge in [-0.05, 0) is 26.2 Å². The van der Waals surface area contributed by atoms with E-state index in [4.69, 9.17) is 0 Å². The molecule has 3 heteroatoms. The molecule has 1 unspecified atom stereocenters. The number of hydrogen-bond acceptors (Lipinski definition) is 1. The maximum atomic E-state index is 11.6. The average Bonchev–Trinajstić information content (AvgIpc) is 2.13. The van der Waals surface area contributed by atoms with Gasteiger partial charge in [0, 0.05) is 13.1 Å². The number of amides is 1. The normalized spacial score (nSPS) is 24.3. The molecule has 1 aliphatic heterocycles. The van der Waals surface area contributed by atoms with Crippen molar-refractivity contribution in [1.82, 2.24) is 4.90 Å². The summed E-state index contributed by atoms with van der Waals surface area (Å²) in [7, 11) is 0. The van der Waals surface area contributed by atoms with Gasteiger partial charge in [0.2, 0.25) is 5.91 Å². The molecule has 0 aliphatic carbocycles. The minimum Gasteiger partial charge on any atom is -0.341 e. The van der Waals surface area contributed by atoms with E-state index in [1.54, 1.807) is 0 Å². The van der Waals surface area contributed by atoms with Crippen LogP contribution in [0.1, 0.15) is 26.2 Å². The van der Waals surface area contributed by atoms with Crippen LogP contribution in [0.4, 0.5) is 0 Å². The first-order chi connectivity index (χ1) is 6.25. The molecule has 13 heavy (non-hydrogen) atoms. The Bertz CT molecular complexity index is 203. The molecule has 1 aliphatic rings. The van der Waals surface area contributed by atoms with Crippen LogP contribution in [0.5, 0.6) is 0 Å². The topological polar surface area (TPSA) is 20.3 Å². The lowest BCUT2D eigenvalue weighted by Gasteiger charge is -2.29. The smallest absolute Gasteiger partial charge is 0.236 e. The van der Waals surface area contributed by atoms with Gasteiger partial charge in [0.15, 0.2) is 0 Å². The van der Waals surface area contributed by atoms with Gasteiger partial charge in [0.05, 0.1) is 4.83 Å². The van der Waals surface area contributed by atoms with Crippen LogP contribution in [0.15, 0.2) is 12.2 Å². The van der Waals surface area contributed by atoms with Gasteiger partial charge < -0.3 is 4.90 Å². The Balaban J connectivity index is 2.35. The second-order valence-corrected chi connectivity index (χ2v) is 4.40. The molecule has 0 aromatic rings. The first kappa shape index (κ1) is 10.8. The molecule has 0 saturated carbocycles. The third-order valence-electron chi connectivity index (χ3n) is 2.27. The zero-order valence-electron chi connectivity index (χ0n) is 8.00. The predicted octanol–water partition coefficient (Wildman–Crippen LogP) is 2.34. The molecule has 1 fully saturated rings. The van der Waals surface area contributed by atoms with Crippen LogP contribution in [0.2, 0.25) is 0 Å². The van der Waals surface area contributed by atoms with Crippen LogP contribution in [-0.2, 0) is 4.79 Å². The van der Waals surface area contributed by atoms with Gasteiger partial charge in [-0.25, -0.2) is 0 Å². The van der Waals surface area contributed by atoms with E-state index in [9.17, 15) is 4.79 Å². The first-order valence-electron chi connectivity index (χ1n) is 4.79. The highest BCUT2D eigenvalue weighted by Gasteiger charge is 2.25. The Hall–Kier alpha value is -0.310. The maximum absolute atomic E-state index is 11.6. The maximum Gasteiger partial charge on any atom is 0.236 e. The van der Waals surface area contributed by atoms with Crippen LogP contribution in [-0.4, -0.2) is 28.7 Å². The van der Waals surface area contributed by atoms with Gasteiger partial charge in [0.1, 0.15) is 0 Å². The van der Waals surface area contributed by atoms with Gasteiger partial charge in [0.25, 0.3) is 0 Å². The van der Waals surface area contributed by atoms with Crippen molar-refractivity contribution in [2.45, 2.75) is 31.0 Å². The highest BCUT2D eigenvalue weighted by molar-refractivity contribution is 9.10. The number of carbonyl (C=O) groups excluding carboxylic acids is 1. The zero-order valence-corrected chi connectivity index (χ0v) is 9.59. The third kappa shape index (κ3) is 3.14. The lowest BCUT2D eigenvalue weighted by atomic mass is 10.1. The summed E-state index contributed by atoms with van der Waals surface area (Å²) in [6.07, 6.45) is 7.21. The first-order valence-corrected chi connectivity index (χ1v) is 5.71. The van der Waals surface area contributed by atoms with Crippen molar-refractivity contribution in [3.63, 3.8) is 0 Å². The number of alkyl halides is 1. The number of rotatable bonds is 3. The molecule has 2 nitrogen and oxygen atoms in total. The fraction of sp³-hybridized carbons (Fsp3) is 0.700. The molecule has 0 aromatic carbocycles. The van der Waals surface area contributed by atoms with Crippen LogP contribution in [0, 0.1) is 0 Å². The Morgan fingerprint density at radius 1 is 1.69 bits per heavy atom. The van der Waals surface area contributed by atoms with Crippen LogP contribution in [0.3, 0.4) is 0 Å². The van der Waals surface area contributed by atoms with Gasteiger partial charge in [-0.3, -0.25) is 4.79 Å². The third-order valence-corrected chi connectivity index (χ3v) is 3.12. The molecule has 0 radical (unpaired) electrons. The summed E-state index contributed by atoms with van der Waals surface area (Å²) in [5.41, 5.74) is 0. The number of nitrogens with zero attached hydrogens (tertiary/aromatic N) is 1. The van der Waals surface area contributed by atoms with Crippen molar-refractivity contribution in [3.8, 4) is 0 Å². The van der Waals surface area contributed by atoms with Gasteiger partial charge in [-0.2, -0.15) is 0 Å². The molecular weight excluding hydrogens is 230 g/mol. The number of halogens is 1. The van der Waals surface area contributed by atoms with E-state index >= 15 is 0 Å². The average molecular weight is 246 g/mol. The fourth-order valence-electron chi connectivity index (χ4n) is 1.51. The van der Waals surface area contributed by atoms with Crippen molar-refractivity contribution in [1.29, 1.82) is 0 Å². The quantitative estimate of drug-likeness (QED) is 0.553. The number of allylic oxidation sites excluding steroid dienone is 1. The molecule has 74 valence electrons. The minimum atomic E-state index is 0.0619. The molecule has 1 saturated heterocycles. The van der Waals surface area contributed by atoms with Crippen molar-refractivity contribution in [3.05, 3.63) is 12.2 Å². The lowest BCUT2D eigenvalue weighted by molar-refractivity contribution is -0.132. The monoisotopic (exact) mass is 245 g/mol. The van der Waals surface area contributed by atoms with E-state index in [1.165, 1.54) is 0 Å². The van der Waals surface area contributed by atoms with E-state index in [-0.39, 0.29) is 10.7 Å². The largest absolute Gasteiger partial charge is 0.341 e. The Kier molecular flexibility index (Phi) is 4.50. The summed E-state index contributed by atoms with van der Waals surface area (Å²) in [6.45, 7) is 3.80. The molecule has 0 spiro atoms. The molecule has 1 heterocycles. The number of carbonyl (C=O) groups is 1. The van der Waals surface area contributed by atoms with Gasteiger partial charge in [-0.15, -0.1) is 0 Å². The van der Waals surface area contributed by atoms with E-state index < -0.39 is 0 Å². The van der Waals surface area contributed by atoms with Crippen molar-refractivity contribution in [2.75, 3.05) is 13.1 Å². The molecule has 1 atom stereocenters. The standard InChI is InChI=1S/C10H16BrNO/c1-2-3-4-7-12-8-5-6-9(11)10(12)13/h2-3,9H,4-8H2,1H3/b3-2+.